The first-order chi connectivity index (χ1) is 9.35. The molecule has 2 heteroatoms. The van der Waals surface area contributed by atoms with Crippen LogP contribution in [0.1, 0.15) is 13.8 Å². The summed E-state index contributed by atoms with van der Waals surface area (Å²) < 4.78 is 0. The Kier molecular flexibility index (Phi) is 3.08. The lowest BCUT2D eigenvalue weighted by Gasteiger charge is -2.24. The van der Waals surface area contributed by atoms with E-state index in [2.05, 4.69) is 67.3 Å². The Morgan fingerprint density at radius 2 is 1.26 bits per heavy atom. The lowest BCUT2D eigenvalue weighted by Crippen LogP contribution is -2.22. The molecule has 0 N–H and O–H groups in total. The van der Waals surface area contributed by atoms with Crippen LogP contribution < -0.4 is 4.90 Å². The van der Waals surface area contributed by atoms with Crippen molar-refractivity contribution in [2.75, 3.05) is 18.0 Å². The molecule has 3 aromatic rings. The monoisotopic (exact) mass is 250 g/mol. The smallest absolute Gasteiger partial charge is 0.0730 e. The highest BCUT2D eigenvalue weighted by atomic mass is 15.1. The second kappa shape index (κ2) is 4.88. The normalized spacial score (nSPS) is 11.1. The summed E-state index contributed by atoms with van der Waals surface area (Å²) in [6.45, 7) is 6.42. The second-order valence-corrected chi connectivity index (χ2v) is 4.67. The fourth-order valence-corrected chi connectivity index (χ4v) is 2.70. The summed E-state index contributed by atoms with van der Waals surface area (Å²) in [6.07, 6.45) is 0. The van der Waals surface area contributed by atoms with Crippen LogP contribution in [0.4, 0.5) is 5.69 Å². The Morgan fingerprint density at radius 1 is 0.789 bits per heavy atom. The highest BCUT2D eigenvalue weighted by Crippen LogP contribution is 2.33. The quantitative estimate of drug-likeness (QED) is 0.646. The molecule has 0 saturated carbocycles. The zero-order valence-electron chi connectivity index (χ0n) is 11.4. The Bertz CT molecular complexity index is 661. The van der Waals surface area contributed by atoms with Gasteiger partial charge in [-0.3, -0.25) is 0 Å². The minimum absolute atomic E-state index is 1.01. The molecule has 0 bridgehead atoms. The van der Waals surface area contributed by atoms with Gasteiger partial charge in [0.1, 0.15) is 0 Å². The van der Waals surface area contributed by atoms with Crippen molar-refractivity contribution in [2.24, 2.45) is 0 Å². The third kappa shape index (κ3) is 1.93. The van der Waals surface area contributed by atoms with E-state index in [4.69, 9.17) is 4.98 Å². The van der Waals surface area contributed by atoms with Gasteiger partial charge in [0.05, 0.1) is 16.7 Å². The number of anilines is 1. The van der Waals surface area contributed by atoms with Crippen LogP contribution in [0.15, 0.2) is 48.5 Å². The molecule has 0 atom stereocenters. The van der Waals surface area contributed by atoms with E-state index in [9.17, 15) is 0 Å². The van der Waals surface area contributed by atoms with Gasteiger partial charge in [0, 0.05) is 23.9 Å². The molecule has 2 aromatic carbocycles. The molecular weight excluding hydrogens is 232 g/mol. The maximum atomic E-state index is 4.76. The topological polar surface area (TPSA) is 16.1 Å². The van der Waals surface area contributed by atoms with Crippen LogP contribution >= 0.6 is 0 Å². The van der Waals surface area contributed by atoms with Crippen LogP contribution in [0, 0.1) is 0 Å². The number of benzene rings is 2. The van der Waals surface area contributed by atoms with E-state index in [-0.39, 0.29) is 0 Å². The van der Waals surface area contributed by atoms with Gasteiger partial charge in [0.15, 0.2) is 0 Å². The number of pyridine rings is 1. The maximum Gasteiger partial charge on any atom is 0.0730 e. The van der Waals surface area contributed by atoms with Crippen LogP contribution in [0.2, 0.25) is 0 Å². The highest BCUT2D eigenvalue weighted by Gasteiger charge is 2.12. The van der Waals surface area contributed by atoms with Crippen molar-refractivity contribution in [2.45, 2.75) is 13.8 Å². The predicted octanol–water partition coefficient (Wildman–Crippen LogP) is 4.23. The highest BCUT2D eigenvalue weighted by molar-refractivity contribution is 6.07. The summed E-state index contributed by atoms with van der Waals surface area (Å²) in [6, 6.07) is 16.8. The van der Waals surface area contributed by atoms with Crippen LogP contribution in [0.3, 0.4) is 0 Å². The van der Waals surface area contributed by atoms with Crippen LogP contribution in [0.25, 0.3) is 21.8 Å². The van der Waals surface area contributed by atoms with E-state index in [1.807, 2.05) is 0 Å². The molecule has 0 aliphatic heterocycles. The summed E-state index contributed by atoms with van der Waals surface area (Å²) in [5.74, 6) is 0. The van der Waals surface area contributed by atoms with E-state index in [0.717, 1.165) is 24.1 Å². The number of aromatic nitrogens is 1. The molecule has 0 fully saturated rings. The average Bonchev–Trinajstić information content (AvgIpc) is 2.47. The van der Waals surface area contributed by atoms with Gasteiger partial charge in [-0.25, -0.2) is 4.98 Å². The van der Waals surface area contributed by atoms with Gasteiger partial charge in [0.2, 0.25) is 0 Å². The van der Waals surface area contributed by atoms with Gasteiger partial charge in [-0.2, -0.15) is 0 Å². The lowest BCUT2D eigenvalue weighted by atomic mass is 10.1. The first kappa shape index (κ1) is 12.0. The van der Waals surface area contributed by atoms with Gasteiger partial charge < -0.3 is 4.90 Å². The van der Waals surface area contributed by atoms with Crippen LogP contribution in [-0.2, 0) is 0 Å². The van der Waals surface area contributed by atoms with Crippen molar-refractivity contribution < 1.29 is 0 Å². The third-order valence-electron chi connectivity index (χ3n) is 3.64. The van der Waals surface area contributed by atoms with Crippen LogP contribution in [0.5, 0.6) is 0 Å². The number of hydrogen-bond donors (Lipinski definition) is 0. The van der Waals surface area contributed by atoms with Crippen molar-refractivity contribution in [1.82, 2.24) is 4.98 Å². The van der Waals surface area contributed by atoms with E-state index >= 15 is 0 Å². The molecule has 0 radical (unpaired) electrons. The molecule has 0 amide bonds. The first-order valence-electron chi connectivity index (χ1n) is 6.87. The maximum absolute atomic E-state index is 4.76. The number of hydrogen-bond acceptors (Lipinski definition) is 2. The molecule has 0 aliphatic carbocycles. The molecular formula is C17H18N2. The van der Waals surface area contributed by atoms with Crippen molar-refractivity contribution in [1.29, 1.82) is 0 Å². The minimum atomic E-state index is 1.01. The number of para-hydroxylation sites is 2. The minimum Gasteiger partial charge on any atom is -0.371 e. The van der Waals surface area contributed by atoms with Crippen molar-refractivity contribution in [3.8, 4) is 0 Å². The standard InChI is InChI=1S/C17H18N2/c1-3-19(4-2)17-13-9-5-7-11-15(13)18-16-12-8-6-10-14(16)17/h5-12H,3-4H2,1-2H3. The molecule has 3 rings (SSSR count). The zero-order valence-corrected chi connectivity index (χ0v) is 11.4. The van der Waals surface area contributed by atoms with Gasteiger partial charge in [0.25, 0.3) is 0 Å². The second-order valence-electron chi connectivity index (χ2n) is 4.67. The first-order valence-corrected chi connectivity index (χ1v) is 6.87. The van der Waals surface area contributed by atoms with Crippen molar-refractivity contribution in [3.63, 3.8) is 0 Å². The number of nitrogens with zero attached hydrogens (tertiary/aromatic N) is 2. The van der Waals surface area contributed by atoms with E-state index in [1.165, 1.54) is 16.5 Å². The van der Waals surface area contributed by atoms with Crippen LogP contribution in [-0.4, -0.2) is 18.1 Å². The molecule has 2 nitrogen and oxygen atoms in total. The van der Waals surface area contributed by atoms with Gasteiger partial charge in [-0.15, -0.1) is 0 Å². The number of fused-ring (bicyclic) bond motifs is 2. The molecule has 1 heterocycles. The fraction of sp³-hybridized carbons (Fsp3) is 0.235. The van der Waals surface area contributed by atoms with E-state index < -0.39 is 0 Å². The summed E-state index contributed by atoms with van der Waals surface area (Å²) >= 11 is 0. The Balaban J connectivity index is 2.45. The Morgan fingerprint density at radius 3 is 1.74 bits per heavy atom. The van der Waals surface area contributed by atoms with E-state index in [1.54, 1.807) is 0 Å². The summed E-state index contributed by atoms with van der Waals surface area (Å²) in [7, 11) is 0. The molecule has 0 unspecified atom stereocenters. The van der Waals surface area contributed by atoms with Gasteiger partial charge in [-0.1, -0.05) is 36.4 Å². The molecule has 96 valence electrons. The molecule has 0 spiro atoms. The fourth-order valence-electron chi connectivity index (χ4n) is 2.70. The molecule has 19 heavy (non-hydrogen) atoms. The summed E-state index contributed by atoms with van der Waals surface area (Å²) in [5.41, 5.74) is 3.46. The number of rotatable bonds is 3. The molecule has 0 aliphatic rings. The third-order valence-corrected chi connectivity index (χ3v) is 3.64. The SMILES string of the molecule is CCN(CC)c1c2ccccc2nc2ccccc12. The predicted molar refractivity (Wildman–Crippen MR) is 82.8 cm³/mol. The summed E-state index contributed by atoms with van der Waals surface area (Å²) in [4.78, 5) is 7.17. The van der Waals surface area contributed by atoms with Crippen molar-refractivity contribution >= 4 is 27.5 Å². The zero-order chi connectivity index (χ0) is 13.2. The molecule has 1 aromatic heterocycles. The average molecular weight is 250 g/mol. The van der Waals surface area contributed by atoms with Gasteiger partial charge >= 0.3 is 0 Å². The van der Waals surface area contributed by atoms with E-state index in [0.29, 0.717) is 0 Å². The Hall–Kier alpha value is -2.09. The summed E-state index contributed by atoms with van der Waals surface area (Å²) in [5, 5.41) is 2.48. The Labute approximate surface area is 113 Å². The van der Waals surface area contributed by atoms with Gasteiger partial charge in [-0.05, 0) is 26.0 Å². The molecule has 0 saturated heterocycles. The van der Waals surface area contributed by atoms with Crippen molar-refractivity contribution in [3.05, 3.63) is 48.5 Å². The lowest BCUT2D eigenvalue weighted by molar-refractivity contribution is 0.874. The largest absolute Gasteiger partial charge is 0.371 e.